The van der Waals surface area contributed by atoms with E-state index in [-0.39, 0.29) is 41.1 Å². The number of alkyl halides is 6. The highest BCUT2D eigenvalue weighted by atomic mass is 19.4. The summed E-state index contributed by atoms with van der Waals surface area (Å²) in [6.07, 6.45) is -11.3. The van der Waals surface area contributed by atoms with Crippen LogP contribution in [0.4, 0.5) is 26.3 Å². The van der Waals surface area contributed by atoms with Crippen LogP contribution >= 0.6 is 0 Å². The van der Waals surface area contributed by atoms with Gasteiger partial charge in [-0.25, -0.2) is 0 Å². The third-order valence-corrected chi connectivity index (χ3v) is 6.85. The third kappa shape index (κ3) is 8.77. The van der Waals surface area contributed by atoms with Crippen LogP contribution in [0.1, 0.15) is 92.9 Å². The van der Waals surface area contributed by atoms with Crippen molar-refractivity contribution < 1.29 is 50.6 Å². The highest BCUT2D eigenvalue weighted by molar-refractivity contribution is 6.06. The number of ketones is 2. The molecule has 1 unspecified atom stereocenters. The van der Waals surface area contributed by atoms with E-state index in [9.17, 15) is 45.5 Å². The third-order valence-electron chi connectivity index (χ3n) is 6.85. The van der Waals surface area contributed by atoms with Crippen molar-refractivity contribution in [2.45, 2.75) is 57.3 Å². The van der Waals surface area contributed by atoms with Gasteiger partial charge < -0.3 is 10.4 Å². The molecule has 0 saturated heterocycles. The van der Waals surface area contributed by atoms with Gasteiger partial charge in [0.15, 0.2) is 11.6 Å². The van der Waals surface area contributed by atoms with Gasteiger partial charge >= 0.3 is 18.3 Å². The van der Waals surface area contributed by atoms with E-state index in [0.29, 0.717) is 12.1 Å². The number of nitrogens with one attached hydrogen (secondary N) is 1. The lowest BCUT2D eigenvalue weighted by atomic mass is 9.83. The Kier molecular flexibility index (Phi) is 10.1. The summed E-state index contributed by atoms with van der Waals surface area (Å²) in [6.45, 7) is 5.70. The highest BCUT2D eigenvalue weighted by Gasteiger charge is 2.38. The SMILES string of the molecule is CC(C)(C)c1ccc(C(=O)CC(C(=O)c2cc(C(F)(F)F)cc(C(F)(F)F)c2)c2ccc(C(=O)NCCC(=O)O)cc2)cc1. The molecule has 0 heterocycles. The van der Waals surface area contributed by atoms with Gasteiger partial charge in [-0.1, -0.05) is 57.2 Å². The molecule has 0 fully saturated rings. The van der Waals surface area contributed by atoms with E-state index < -0.39 is 64.8 Å². The Morgan fingerprint density at radius 1 is 0.705 bits per heavy atom. The Bertz CT molecular complexity index is 1500. The summed E-state index contributed by atoms with van der Waals surface area (Å²) in [7, 11) is 0. The fraction of sp³-hybridized carbons (Fsp3) is 0.312. The maximum Gasteiger partial charge on any atom is 0.416 e. The van der Waals surface area contributed by atoms with Crippen LogP contribution in [0.2, 0.25) is 0 Å². The Hall–Kier alpha value is -4.48. The van der Waals surface area contributed by atoms with Crippen LogP contribution in [0.3, 0.4) is 0 Å². The maximum absolute atomic E-state index is 13.7. The molecule has 0 aromatic heterocycles. The van der Waals surface area contributed by atoms with E-state index in [2.05, 4.69) is 5.32 Å². The first-order valence-electron chi connectivity index (χ1n) is 13.3. The normalized spacial score (nSPS) is 12.8. The molecule has 12 heteroatoms. The average molecular weight is 622 g/mol. The van der Waals surface area contributed by atoms with Crippen molar-refractivity contribution in [1.29, 1.82) is 0 Å². The van der Waals surface area contributed by atoms with E-state index in [4.69, 9.17) is 5.11 Å². The van der Waals surface area contributed by atoms with Crippen LogP contribution in [-0.4, -0.2) is 35.1 Å². The minimum absolute atomic E-state index is 0.0489. The molecule has 0 aliphatic rings. The molecule has 0 saturated carbocycles. The fourth-order valence-corrected chi connectivity index (χ4v) is 4.37. The number of hydrogen-bond acceptors (Lipinski definition) is 4. The van der Waals surface area contributed by atoms with E-state index in [0.717, 1.165) is 5.56 Å². The molecule has 1 atom stereocenters. The largest absolute Gasteiger partial charge is 0.481 e. The molecule has 2 N–H and O–H groups in total. The molecule has 0 radical (unpaired) electrons. The maximum atomic E-state index is 13.7. The van der Waals surface area contributed by atoms with Crippen LogP contribution in [0, 0.1) is 0 Å². The van der Waals surface area contributed by atoms with Gasteiger partial charge in [0.2, 0.25) is 0 Å². The van der Waals surface area contributed by atoms with Crippen molar-refractivity contribution in [2.75, 3.05) is 6.54 Å². The smallest absolute Gasteiger partial charge is 0.416 e. The molecule has 3 rings (SSSR count). The summed E-state index contributed by atoms with van der Waals surface area (Å²) in [5.41, 5.74) is -3.26. The first-order valence-corrected chi connectivity index (χ1v) is 13.3. The number of aliphatic carboxylic acids is 1. The lowest BCUT2D eigenvalue weighted by Crippen LogP contribution is -2.26. The summed E-state index contributed by atoms with van der Waals surface area (Å²) in [5.74, 6) is -5.02. The van der Waals surface area contributed by atoms with E-state index in [1.54, 1.807) is 12.1 Å². The van der Waals surface area contributed by atoms with Crippen LogP contribution < -0.4 is 5.32 Å². The molecule has 0 bridgehead atoms. The van der Waals surface area contributed by atoms with Gasteiger partial charge in [-0.2, -0.15) is 26.3 Å². The molecule has 44 heavy (non-hydrogen) atoms. The zero-order valence-electron chi connectivity index (χ0n) is 23.9. The predicted octanol–water partition coefficient (Wildman–Crippen LogP) is 7.47. The minimum atomic E-state index is -5.19. The molecule has 3 aromatic rings. The van der Waals surface area contributed by atoms with Crippen molar-refractivity contribution in [2.24, 2.45) is 0 Å². The van der Waals surface area contributed by atoms with Gasteiger partial charge in [0.05, 0.1) is 23.5 Å². The number of benzene rings is 3. The highest BCUT2D eigenvalue weighted by Crippen LogP contribution is 2.38. The lowest BCUT2D eigenvalue weighted by molar-refractivity contribution is -0.143. The Balaban J connectivity index is 2.04. The van der Waals surface area contributed by atoms with Crippen molar-refractivity contribution in [3.63, 3.8) is 0 Å². The minimum Gasteiger partial charge on any atom is -0.481 e. The molecule has 3 aromatic carbocycles. The number of Topliss-reactive ketones (excluding diaryl/α,β-unsaturated/α-hetero) is 2. The van der Waals surface area contributed by atoms with Crippen LogP contribution in [0.5, 0.6) is 0 Å². The van der Waals surface area contributed by atoms with Crippen molar-refractivity contribution >= 4 is 23.4 Å². The number of rotatable bonds is 10. The van der Waals surface area contributed by atoms with Gasteiger partial charge in [-0.15, -0.1) is 0 Å². The van der Waals surface area contributed by atoms with Gasteiger partial charge in [-0.3, -0.25) is 19.2 Å². The molecule has 0 aliphatic heterocycles. The van der Waals surface area contributed by atoms with Gasteiger partial charge in [0.1, 0.15) is 0 Å². The summed E-state index contributed by atoms with van der Waals surface area (Å²) in [5, 5.41) is 11.1. The van der Waals surface area contributed by atoms with Crippen LogP contribution in [0.15, 0.2) is 66.7 Å². The van der Waals surface area contributed by atoms with Gasteiger partial charge in [0.25, 0.3) is 5.91 Å². The standard InChI is InChI=1S/C32H29F6NO5/c1-30(2,3)22-10-8-19(9-11-22)26(40)17-25(18-4-6-20(7-5-18)29(44)39-13-12-27(41)42)28(43)21-14-23(31(33,34)35)16-24(15-21)32(36,37)38/h4-11,14-16,25H,12-13,17H2,1-3H3,(H,39,44)(H,41,42). The molecule has 234 valence electrons. The second-order valence-electron chi connectivity index (χ2n) is 11.2. The van der Waals surface area contributed by atoms with Crippen molar-refractivity contribution in [3.8, 4) is 0 Å². The van der Waals surface area contributed by atoms with Crippen LogP contribution in [0.25, 0.3) is 0 Å². The lowest BCUT2D eigenvalue weighted by Gasteiger charge is -2.20. The second kappa shape index (κ2) is 13.0. The summed E-state index contributed by atoms with van der Waals surface area (Å²) in [6, 6.07) is 12.1. The van der Waals surface area contributed by atoms with E-state index in [1.807, 2.05) is 20.8 Å². The first kappa shape index (κ1) is 34.0. The Morgan fingerprint density at radius 2 is 1.20 bits per heavy atom. The van der Waals surface area contributed by atoms with E-state index in [1.165, 1.54) is 36.4 Å². The molecule has 0 spiro atoms. The number of carbonyl (C=O) groups excluding carboxylic acids is 3. The Labute approximate surface area is 249 Å². The molecule has 6 nitrogen and oxygen atoms in total. The zero-order chi connectivity index (χ0) is 33.0. The molecular formula is C32H29F6NO5. The summed E-state index contributed by atoms with van der Waals surface area (Å²) < 4.78 is 81.1. The molecule has 0 aliphatic carbocycles. The first-order chi connectivity index (χ1) is 20.3. The fourth-order valence-electron chi connectivity index (χ4n) is 4.37. The summed E-state index contributed by atoms with van der Waals surface area (Å²) >= 11 is 0. The van der Waals surface area contributed by atoms with Gasteiger partial charge in [0, 0.05) is 29.7 Å². The number of carbonyl (C=O) groups is 4. The van der Waals surface area contributed by atoms with Crippen molar-refractivity contribution in [3.05, 3.63) is 106 Å². The zero-order valence-corrected chi connectivity index (χ0v) is 23.9. The number of halogens is 6. The van der Waals surface area contributed by atoms with Gasteiger partial charge in [-0.05, 0) is 46.9 Å². The average Bonchev–Trinajstić information content (AvgIpc) is 2.93. The number of hydrogen-bond donors (Lipinski definition) is 2. The number of amides is 1. The van der Waals surface area contributed by atoms with Crippen LogP contribution in [-0.2, 0) is 22.6 Å². The number of carboxylic acid groups (broad SMARTS) is 1. The Morgan fingerprint density at radius 3 is 1.66 bits per heavy atom. The quantitative estimate of drug-likeness (QED) is 0.181. The van der Waals surface area contributed by atoms with E-state index >= 15 is 0 Å². The summed E-state index contributed by atoms with van der Waals surface area (Å²) in [4.78, 5) is 50.0. The topological polar surface area (TPSA) is 101 Å². The second-order valence-corrected chi connectivity index (χ2v) is 11.2. The molecule has 1 amide bonds. The van der Waals surface area contributed by atoms with Crippen molar-refractivity contribution in [1.82, 2.24) is 5.32 Å². The molecular weight excluding hydrogens is 592 g/mol. The monoisotopic (exact) mass is 621 g/mol. The number of carboxylic acids is 1. The predicted molar refractivity (Wildman–Crippen MR) is 149 cm³/mol.